The predicted octanol–water partition coefficient (Wildman–Crippen LogP) is 2.80. The van der Waals surface area contributed by atoms with Crippen LogP contribution in [-0.4, -0.2) is 60.7 Å². The fraction of sp³-hybridized carbons (Fsp3) is 0.500. The molecule has 1 unspecified atom stereocenters. The molecule has 1 aromatic heterocycles. The van der Waals surface area contributed by atoms with Gasteiger partial charge in [0.1, 0.15) is 11.4 Å². The Bertz CT molecular complexity index is 934. The zero-order chi connectivity index (χ0) is 22.2. The molecule has 0 spiro atoms. The van der Waals surface area contributed by atoms with Gasteiger partial charge in [0.15, 0.2) is 0 Å². The van der Waals surface area contributed by atoms with Crippen LogP contribution >= 0.6 is 0 Å². The van der Waals surface area contributed by atoms with Gasteiger partial charge in [-0.1, -0.05) is 0 Å². The Morgan fingerprint density at radius 2 is 1.87 bits per heavy atom. The molecule has 0 aliphatic carbocycles. The first-order chi connectivity index (χ1) is 14.7. The lowest BCUT2D eigenvalue weighted by atomic mass is 9.96. The fourth-order valence-corrected chi connectivity index (χ4v) is 4.43. The van der Waals surface area contributed by atoms with E-state index >= 15 is 0 Å². The number of pyridine rings is 1. The van der Waals surface area contributed by atoms with Crippen LogP contribution in [0.1, 0.15) is 31.5 Å². The van der Waals surface area contributed by atoms with Crippen molar-refractivity contribution in [2.45, 2.75) is 32.3 Å². The second-order valence-electron chi connectivity index (χ2n) is 9.20. The maximum atomic E-state index is 14.1. The first-order valence-electron chi connectivity index (χ1n) is 10.9. The van der Waals surface area contributed by atoms with Crippen LogP contribution in [0.3, 0.4) is 0 Å². The molecular formula is C24H31FN4O2. The molecule has 31 heavy (non-hydrogen) atoms. The van der Waals surface area contributed by atoms with Crippen LogP contribution in [0.4, 0.5) is 15.8 Å². The SMILES string of the molecule is CN1CCN(c2ccc(F)cc2CC2CCN(c3ccc(C(C)(C)O)nc3)C2=O)CC1. The molecule has 0 radical (unpaired) electrons. The number of hydrogen-bond donors (Lipinski definition) is 1. The molecule has 1 N–H and O–H groups in total. The number of anilines is 2. The summed E-state index contributed by atoms with van der Waals surface area (Å²) in [7, 11) is 2.11. The van der Waals surface area contributed by atoms with Crippen LogP contribution in [0.5, 0.6) is 0 Å². The summed E-state index contributed by atoms with van der Waals surface area (Å²) in [6.45, 7) is 7.73. The van der Waals surface area contributed by atoms with Gasteiger partial charge in [-0.2, -0.15) is 0 Å². The van der Waals surface area contributed by atoms with Gasteiger partial charge in [0.2, 0.25) is 5.91 Å². The largest absolute Gasteiger partial charge is 0.384 e. The van der Waals surface area contributed by atoms with E-state index in [1.807, 2.05) is 12.1 Å². The highest BCUT2D eigenvalue weighted by atomic mass is 19.1. The third-order valence-corrected chi connectivity index (χ3v) is 6.35. The van der Waals surface area contributed by atoms with Crippen molar-refractivity contribution in [2.75, 3.05) is 49.6 Å². The number of halogens is 1. The number of carbonyl (C=O) groups excluding carboxylic acids is 1. The van der Waals surface area contributed by atoms with E-state index in [-0.39, 0.29) is 17.6 Å². The summed E-state index contributed by atoms with van der Waals surface area (Å²) < 4.78 is 14.1. The Balaban J connectivity index is 1.49. The van der Waals surface area contributed by atoms with E-state index in [9.17, 15) is 14.3 Å². The standard InChI is InChI=1S/C24H31FN4O2/c1-24(2,31)22-7-5-20(16-26-22)29-9-8-17(23(29)30)14-18-15-19(25)4-6-21(18)28-12-10-27(3)11-13-28/h4-7,15-17,31H,8-14H2,1-3H3. The van der Waals surface area contributed by atoms with Gasteiger partial charge in [-0.05, 0) is 69.6 Å². The van der Waals surface area contributed by atoms with Crippen LogP contribution < -0.4 is 9.80 Å². The number of rotatable bonds is 5. The summed E-state index contributed by atoms with van der Waals surface area (Å²) in [4.78, 5) is 23.8. The van der Waals surface area contributed by atoms with Gasteiger partial charge in [0.05, 0.1) is 17.6 Å². The normalized spacial score (nSPS) is 20.5. The molecule has 2 aliphatic heterocycles. The molecule has 6 nitrogen and oxygen atoms in total. The molecule has 4 rings (SSSR count). The third-order valence-electron chi connectivity index (χ3n) is 6.35. The number of amides is 1. The molecule has 1 atom stereocenters. The number of benzene rings is 1. The maximum Gasteiger partial charge on any atom is 0.230 e. The number of aliphatic hydroxyl groups is 1. The minimum atomic E-state index is -1.02. The Morgan fingerprint density at radius 3 is 2.52 bits per heavy atom. The van der Waals surface area contributed by atoms with E-state index in [1.54, 1.807) is 37.1 Å². The van der Waals surface area contributed by atoms with E-state index in [2.05, 4.69) is 21.8 Å². The maximum absolute atomic E-state index is 14.1. The van der Waals surface area contributed by atoms with Crippen molar-refractivity contribution < 1.29 is 14.3 Å². The molecular weight excluding hydrogens is 395 g/mol. The third kappa shape index (κ3) is 4.72. The van der Waals surface area contributed by atoms with E-state index < -0.39 is 5.60 Å². The van der Waals surface area contributed by atoms with Crippen molar-refractivity contribution >= 4 is 17.3 Å². The van der Waals surface area contributed by atoms with Gasteiger partial charge in [-0.25, -0.2) is 4.39 Å². The zero-order valence-electron chi connectivity index (χ0n) is 18.5. The van der Waals surface area contributed by atoms with Crippen molar-refractivity contribution in [2.24, 2.45) is 5.92 Å². The number of piperazine rings is 1. The minimum Gasteiger partial charge on any atom is -0.384 e. The second kappa shape index (κ2) is 8.55. The number of carbonyl (C=O) groups is 1. The van der Waals surface area contributed by atoms with Gasteiger partial charge in [-0.15, -0.1) is 0 Å². The lowest BCUT2D eigenvalue weighted by Gasteiger charge is -2.35. The highest BCUT2D eigenvalue weighted by molar-refractivity contribution is 5.97. The average molecular weight is 427 g/mol. The first kappa shape index (κ1) is 21.7. The van der Waals surface area contributed by atoms with Gasteiger partial charge in [-0.3, -0.25) is 9.78 Å². The average Bonchev–Trinajstić information content (AvgIpc) is 3.09. The number of hydrogen-bond acceptors (Lipinski definition) is 5. The van der Waals surface area contributed by atoms with Crippen LogP contribution in [0.25, 0.3) is 0 Å². The summed E-state index contributed by atoms with van der Waals surface area (Å²) in [5.41, 5.74) is 2.22. The highest BCUT2D eigenvalue weighted by Crippen LogP contribution is 2.32. The van der Waals surface area contributed by atoms with Crippen LogP contribution in [-0.2, 0) is 16.8 Å². The van der Waals surface area contributed by atoms with E-state index in [1.165, 1.54) is 6.07 Å². The lowest BCUT2D eigenvalue weighted by molar-refractivity contribution is -0.120. The molecule has 2 saturated heterocycles. The van der Waals surface area contributed by atoms with Gasteiger partial charge in [0, 0.05) is 44.3 Å². The fourth-order valence-electron chi connectivity index (χ4n) is 4.43. The Morgan fingerprint density at radius 1 is 1.13 bits per heavy atom. The topological polar surface area (TPSA) is 59.9 Å². The quantitative estimate of drug-likeness (QED) is 0.797. The van der Waals surface area contributed by atoms with Gasteiger partial charge >= 0.3 is 0 Å². The second-order valence-corrected chi connectivity index (χ2v) is 9.20. The smallest absolute Gasteiger partial charge is 0.230 e. The number of aromatic nitrogens is 1. The summed E-state index contributed by atoms with van der Waals surface area (Å²) in [6, 6.07) is 8.54. The van der Waals surface area contributed by atoms with Crippen molar-refractivity contribution in [3.8, 4) is 0 Å². The van der Waals surface area contributed by atoms with Gasteiger partial charge in [0.25, 0.3) is 0 Å². The first-order valence-corrected chi connectivity index (χ1v) is 10.9. The molecule has 2 fully saturated rings. The highest BCUT2D eigenvalue weighted by Gasteiger charge is 2.34. The predicted molar refractivity (Wildman–Crippen MR) is 120 cm³/mol. The zero-order valence-corrected chi connectivity index (χ0v) is 18.5. The Labute approximate surface area is 183 Å². The molecule has 3 heterocycles. The summed E-state index contributed by atoms with van der Waals surface area (Å²) in [6.07, 6.45) is 2.90. The number of nitrogens with zero attached hydrogens (tertiary/aromatic N) is 4. The van der Waals surface area contributed by atoms with E-state index in [0.717, 1.165) is 49.5 Å². The summed E-state index contributed by atoms with van der Waals surface area (Å²) in [5.74, 6) is -0.394. The molecule has 166 valence electrons. The monoisotopic (exact) mass is 426 g/mol. The number of likely N-dealkylation sites (N-methyl/N-ethyl adjacent to an activating group) is 1. The summed E-state index contributed by atoms with van der Waals surface area (Å²) in [5, 5.41) is 10.1. The molecule has 0 saturated carbocycles. The molecule has 2 aliphatic rings. The van der Waals surface area contributed by atoms with Crippen LogP contribution in [0, 0.1) is 11.7 Å². The van der Waals surface area contributed by atoms with Crippen molar-refractivity contribution in [1.82, 2.24) is 9.88 Å². The summed E-state index contributed by atoms with van der Waals surface area (Å²) >= 11 is 0. The van der Waals surface area contributed by atoms with Crippen molar-refractivity contribution in [1.29, 1.82) is 0 Å². The van der Waals surface area contributed by atoms with E-state index in [4.69, 9.17) is 0 Å². The van der Waals surface area contributed by atoms with Crippen LogP contribution in [0.15, 0.2) is 36.5 Å². The Kier molecular flexibility index (Phi) is 5.99. The Hall–Kier alpha value is -2.51. The molecule has 0 bridgehead atoms. The van der Waals surface area contributed by atoms with Crippen LogP contribution in [0.2, 0.25) is 0 Å². The molecule has 2 aromatic rings. The van der Waals surface area contributed by atoms with Crippen molar-refractivity contribution in [3.63, 3.8) is 0 Å². The van der Waals surface area contributed by atoms with Gasteiger partial charge < -0.3 is 19.8 Å². The lowest BCUT2D eigenvalue weighted by Crippen LogP contribution is -2.44. The molecule has 7 heteroatoms. The minimum absolute atomic E-state index is 0.0476. The van der Waals surface area contributed by atoms with Crippen molar-refractivity contribution in [3.05, 3.63) is 53.6 Å². The molecule has 1 amide bonds. The van der Waals surface area contributed by atoms with E-state index in [0.29, 0.717) is 18.7 Å². The molecule has 1 aromatic carbocycles.